The van der Waals surface area contributed by atoms with Gasteiger partial charge in [0.1, 0.15) is 5.78 Å². The molecule has 2 rings (SSSR count). The predicted octanol–water partition coefficient (Wildman–Crippen LogP) is 2.65. The van der Waals surface area contributed by atoms with Gasteiger partial charge in [-0.1, -0.05) is 13.8 Å². The number of carbonyl (C=O) groups is 1. The van der Waals surface area contributed by atoms with Crippen molar-refractivity contribution in [1.29, 1.82) is 0 Å². The molecule has 0 aromatic rings. The molecule has 0 heterocycles. The second-order valence-electron chi connectivity index (χ2n) is 4.80. The third-order valence-electron chi connectivity index (χ3n) is 3.98. The number of hydrogen-bond acceptors (Lipinski definition) is 1. The summed E-state index contributed by atoms with van der Waals surface area (Å²) in [4.78, 5) is 11.6. The first-order valence-corrected chi connectivity index (χ1v) is 5.21. The minimum Gasteiger partial charge on any atom is -0.299 e. The van der Waals surface area contributed by atoms with Crippen LogP contribution in [0, 0.1) is 23.7 Å². The zero-order valence-electron chi connectivity index (χ0n) is 8.05. The second kappa shape index (κ2) is 2.86. The molecule has 2 saturated carbocycles. The number of fused-ring (bicyclic) bond motifs is 2. The third kappa shape index (κ3) is 1.19. The van der Waals surface area contributed by atoms with Crippen molar-refractivity contribution in [2.24, 2.45) is 23.7 Å². The monoisotopic (exact) mass is 166 g/mol. The maximum atomic E-state index is 11.6. The van der Waals surface area contributed by atoms with Gasteiger partial charge in [0.25, 0.3) is 0 Å². The van der Waals surface area contributed by atoms with Gasteiger partial charge in [0.15, 0.2) is 0 Å². The third-order valence-corrected chi connectivity index (χ3v) is 3.98. The lowest BCUT2D eigenvalue weighted by Gasteiger charge is -2.41. The fraction of sp³-hybridized carbons (Fsp3) is 0.909. The Balaban J connectivity index is 2.14. The van der Waals surface area contributed by atoms with Crippen LogP contribution in [-0.4, -0.2) is 5.78 Å². The van der Waals surface area contributed by atoms with Crippen molar-refractivity contribution in [1.82, 2.24) is 0 Å². The van der Waals surface area contributed by atoms with E-state index in [4.69, 9.17) is 0 Å². The summed E-state index contributed by atoms with van der Waals surface area (Å²) in [5, 5.41) is 0. The van der Waals surface area contributed by atoms with Gasteiger partial charge in [-0.2, -0.15) is 0 Å². The largest absolute Gasteiger partial charge is 0.299 e. The predicted molar refractivity (Wildman–Crippen MR) is 48.8 cm³/mol. The van der Waals surface area contributed by atoms with Crippen LogP contribution < -0.4 is 0 Å². The summed E-state index contributed by atoms with van der Waals surface area (Å²) in [5.41, 5.74) is 0. The summed E-state index contributed by atoms with van der Waals surface area (Å²) in [6.07, 6.45) is 4.71. The molecule has 2 unspecified atom stereocenters. The van der Waals surface area contributed by atoms with Crippen molar-refractivity contribution in [2.45, 2.75) is 39.5 Å². The Morgan fingerprint density at radius 2 is 1.92 bits per heavy atom. The Morgan fingerprint density at radius 3 is 2.67 bits per heavy atom. The molecule has 2 aliphatic carbocycles. The number of rotatable bonds is 0. The van der Waals surface area contributed by atoms with Gasteiger partial charge in [-0.25, -0.2) is 0 Å². The number of hydrogen-bond donors (Lipinski definition) is 0. The van der Waals surface area contributed by atoms with Crippen LogP contribution in [-0.2, 0) is 4.79 Å². The fourth-order valence-corrected chi connectivity index (χ4v) is 2.96. The zero-order chi connectivity index (χ0) is 8.72. The van der Waals surface area contributed by atoms with Crippen LogP contribution in [0.25, 0.3) is 0 Å². The Kier molecular flexibility index (Phi) is 1.97. The Morgan fingerprint density at radius 1 is 1.17 bits per heavy atom. The quantitative estimate of drug-likeness (QED) is 0.540. The van der Waals surface area contributed by atoms with Gasteiger partial charge >= 0.3 is 0 Å². The van der Waals surface area contributed by atoms with E-state index >= 15 is 0 Å². The van der Waals surface area contributed by atoms with Gasteiger partial charge in [0.2, 0.25) is 0 Å². The Hall–Kier alpha value is -0.330. The van der Waals surface area contributed by atoms with Crippen LogP contribution in [0.15, 0.2) is 0 Å². The highest BCUT2D eigenvalue weighted by Gasteiger charge is 2.39. The summed E-state index contributed by atoms with van der Waals surface area (Å²) < 4.78 is 0. The SMILES string of the molecule is C[C@@H]1CC(=O)C2CC1CC[C@H]2C. The molecule has 2 aliphatic rings. The second-order valence-corrected chi connectivity index (χ2v) is 4.80. The van der Waals surface area contributed by atoms with Crippen LogP contribution in [0.5, 0.6) is 0 Å². The van der Waals surface area contributed by atoms with Crippen molar-refractivity contribution in [3.8, 4) is 0 Å². The lowest BCUT2D eigenvalue weighted by atomic mass is 9.63. The molecular weight excluding hydrogens is 148 g/mol. The topological polar surface area (TPSA) is 17.1 Å². The van der Waals surface area contributed by atoms with E-state index in [1.165, 1.54) is 19.3 Å². The highest BCUT2D eigenvalue weighted by atomic mass is 16.1. The molecule has 0 aromatic heterocycles. The summed E-state index contributed by atoms with van der Waals surface area (Å²) in [6.45, 7) is 4.49. The molecule has 1 heteroatoms. The summed E-state index contributed by atoms with van der Waals surface area (Å²) in [5.74, 6) is 3.18. The smallest absolute Gasteiger partial charge is 0.136 e. The van der Waals surface area contributed by atoms with Crippen LogP contribution in [0.2, 0.25) is 0 Å². The van der Waals surface area contributed by atoms with E-state index in [0.717, 1.165) is 12.3 Å². The van der Waals surface area contributed by atoms with Crippen LogP contribution >= 0.6 is 0 Å². The van der Waals surface area contributed by atoms with Gasteiger partial charge in [-0.05, 0) is 37.0 Å². The summed E-state index contributed by atoms with van der Waals surface area (Å²) >= 11 is 0. The van der Waals surface area contributed by atoms with E-state index < -0.39 is 0 Å². The van der Waals surface area contributed by atoms with Crippen molar-refractivity contribution >= 4 is 5.78 Å². The molecule has 0 radical (unpaired) electrons. The van der Waals surface area contributed by atoms with Gasteiger partial charge < -0.3 is 0 Å². The normalized spacial score (nSPS) is 47.7. The first kappa shape index (κ1) is 8.28. The highest BCUT2D eigenvalue weighted by Crippen LogP contribution is 2.43. The molecule has 0 saturated heterocycles. The van der Waals surface area contributed by atoms with E-state index in [1.807, 2.05) is 0 Å². The van der Waals surface area contributed by atoms with Crippen molar-refractivity contribution < 1.29 is 4.79 Å². The van der Waals surface area contributed by atoms with Gasteiger partial charge in [0, 0.05) is 12.3 Å². The van der Waals surface area contributed by atoms with E-state index in [-0.39, 0.29) is 0 Å². The van der Waals surface area contributed by atoms with Crippen LogP contribution in [0.3, 0.4) is 0 Å². The molecule has 12 heavy (non-hydrogen) atoms. The Bertz CT molecular complexity index is 197. The molecule has 2 bridgehead atoms. The number of ketones is 1. The summed E-state index contributed by atoms with van der Waals surface area (Å²) in [7, 11) is 0. The molecule has 0 aromatic carbocycles. The van der Waals surface area contributed by atoms with Crippen molar-refractivity contribution in [3.05, 3.63) is 0 Å². The molecule has 2 fully saturated rings. The standard InChI is InChI=1S/C11H18O/c1-7-3-4-9-6-10(7)11(12)5-8(9)2/h7-10H,3-6H2,1-2H3/t7-,8-,9?,10?/m1/s1. The minimum atomic E-state index is 0.431. The van der Waals surface area contributed by atoms with Crippen LogP contribution in [0.1, 0.15) is 39.5 Å². The van der Waals surface area contributed by atoms with E-state index in [9.17, 15) is 4.79 Å². The molecule has 0 spiro atoms. The molecule has 0 aliphatic heterocycles. The molecular formula is C11H18O. The van der Waals surface area contributed by atoms with Crippen LogP contribution in [0.4, 0.5) is 0 Å². The minimum absolute atomic E-state index is 0.431. The molecule has 0 amide bonds. The number of Topliss-reactive ketones (excluding diaryl/α,β-unsaturated/α-hetero) is 1. The van der Waals surface area contributed by atoms with Crippen molar-refractivity contribution in [2.75, 3.05) is 0 Å². The first-order valence-electron chi connectivity index (χ1n) is 5.21. The van der Waals surface area contributed by atoms with E-state index in [1.54, 1.807) is 0 Å². The zero-order valence-corrected chi connectivity index (χ0v) is 8.05. The molecule has 0 N–H and O–H groups in total. The maximum absolute atomic E-state index is 11.6. The molecule has 68 valence electrons. The van der Waals surface area contributed by atoms with Gasteiger partial charge in [0.05, 0.1) is 0 Å². The first-order chi connectivity index (χ1) is 5.68. The number of carbonyl (C=O) groups excluding carboxylic acids is 1. The van der Waals surface area contributed by atoms with Gasteiger partial charge in [-0.15, -0.1) is 0 Å². The van der Waals surface area contributed by atoms with Gasteiger partial charge in [-0.3, -0.25) is 4.79 Å². The van der Waals surface area contributed by atoms with Crippen molar-refractivity contribution in [3.63, 3.8) is 0 Å². The lowest BCUT2D eigenvalue weighted by molar-refractivity contribution is -0.131. The fourth-order valence-electron chi connectivity index (χ4n) is 2.96. The molecule has 1 nitrogen and oxygen atoms in total. The van der Waals surface area contributed by atoms with E-state index in [0.29, 0.717) is 23.5 Å². The average Bonchev–Trinajstić information content (AvgIpc) is 2.03. The molecule has 4 atom stereocenters. The highest BCUT2D eigenvalue weighted by molar-refractivity contribution is 5.82. The lowest BCUT2D eigenvalue weighted by Crippen LogP contribution is -2.38. The van der Waals surface area contributed by atoms with E-state index in [2.05, 4.69) is 13.8 Å². The average molecular weight is 166 g/mol. The Labute approximate surface area is 74.5 Å². The summed E-state index contributed by atoms with van der Waals surface area (Å²) in [6, 6.07) is 0. The maximum Gasteiger partial charge on any atom is 0.136 e.